The first-order valence-corrected chi connectivity index (χ1v) is 6.39. The summed E-state index contributed by atoms with van der Waals surface area (Å²) in [7, 11) is 1.75. The molecule has 5 heteroatoms. The summed E-state index contributed by atoms with van der Waals surface area (Å²) in [4.78, 5) is 0. The van der Waals surface area contributed by atoms with Crippen LogP contribution in [0.3, 0.4) is 0 Å². The molecule has 3 unspecified atom stereocenters. The summed E-state index contributed by atoms with van der Waals surface area (Å²) in [6.07, 6.45) is -3.44. The van der Waals surface area contributed by atoms with Crippen molar-refractivity contribution in [1.29, 1.82) is 0 Å². The molecule has 1 N–H and O–H groups in total. The second-order valence-electron chi connectivity index (χ2n) is 4.99. The smallest absolute Gasteiger partial charge is 0.376 e. The number of ether oxygens (including phenoxy) is 1. The van der Waals surface area contributed by atoms with Crippen molar-refractivity contribution in [2.45, 2.75) is 31.7 Å². The van der Waals surface area contributed by atoms with Crippen molar-refractivity contribution in [2.75, 3.05) is 13.7 Å². The van der Waals surface area contributed by atoms with Crippen molar-refractivity contribution < 1.29 is 17.9 Å². The zero-order valence-corrected chi connectivity index (χ0v) is 11.0. The van der Waals surface area contributed by atoms with E-state index in [9.17, 15) is 13.2 Å². The molecule has 2 rings (SSSR count). The maximum Gasteiger partial charge on any atom is 0.416 e. The normalized spacial score (nSPS) is 25.5. The maximum absolute atomic E-state index is 12.7. The Kier molecular flexibility index (Phi) is 4.16. The molecule has 0 saturated carbocycles. The molecule has 106 valence electrons. The van der Waals surface area contributed by atoms with Crippen LogP contribution in [-0.2, 0) is 10.9 Å². The summed E-state index contributed by atoms with van der Waals surface area (Å²) in [5.74, 6) is 0.340. The Morgan fingerprint density at radius 2 is 2.11 bits per heavy atom. The predicted molar refractivity (Wildman–Crippen MR) is 66.8 cm³/mol. The SMILES string of the molecule is CNC(c1cccc(C(F)(F)F)c1)C1OCCC1C. The summed E-state index contributed by atoms with van der Waals surface area (Å²) < 4.78 is 43.9. The Hall–Kier alpha value is -1.07. The van der Waals surface area contributed by atoms with E-state index in [0.29, 0.717) is 18.1 Å². The average molecular weight is 273 g/mol. The van der Waals surface area contributed by atoms with Crippen LogP contribution < -0.4 is 5.32 Å². The zero-order chi connectivity index (χ0) is 14.0. The standard InChI is InChI=1S/C14H18F3NO/c1-9-6-7-19-13(9)12(18-2)10-4-3-5-11(8-10)14(15,16)17/h3-5,8-9,12-13,18H,6-7H2,1-2H3. The number of rotatable bonds is 3. The van der Waals surface area contributed by atoms with Crippen molar-refractivity contribution in [1.82, 2.24) is 5.32 Å². The molecule has 0 radical (unpaired) electrons. The van der Waals surface area contributed by atoms with Gasteiger partial charge in [0.15, 0.2) is 0 Å². The van der Waals surface area contributed by atoms with Gasteiger partial charge < -0.3 is 10.1 Å². The third-order valence-corrected chi connectivity index (χ3v) is 3.66. The molecule has 1 aliphatic heterocycles. The Bertz CT molecular complexity index is 433. The number of alkyl halides is 3. The van der Waals surface area contributed by atoms with Crippen LogP contribution in [-0.4, -0.2) is 19.8 Å². The van der Waals surface area contributed by atoms with E-state index in [1.165, 1.54) is 12.1 Å². The summed E-state index contributed by atoms with van der Waals surface area (Å²) >= 11 is 0. The fraction of sp³-hybridized carbons (Fsp3) is 0.571. The number of nitrogens with one attached hydrogen (secondary N) is 1. The number of hydrogen-bond acceptors (Lipinski definition) is 2. The van der Waals surface area contributed by atoms with Crippen LogP contribution in [0.5, 0.6) is 0 Å². The molecule has 1 fully saturated rings. The van der Waals surface area contributed by atoms with Crippen LogP contribution in [0.4, 0.5) is 13.2 Å². The monoisotopic (exact) mass is 273 g/mol. The minimum atomic E-state index is -4.31. The van der Waals surface area contributed by atoms with Crippen LogP contribution in [0.1, 0.15) is 30.5 Å². The van der Waals surface area contributed by atoms with Crippen LogP contribution in [0.15, 0.2) is 24.3 Å². The van der Waals surface area contributed by atoms with E-state index in [2.05, 4.69) is 12.2 Å². The second-order valence-corrected chi connectivity index (χ2v) is 4.99. The Morgan fingerprint density at radius 3 is 2.63 bits per heavy atom. The molecule has 0 spiro atoms. The first kappa shape index (κ1) is 14.3. The van der Waals surface area contributed by atoms with Gasteiger partial charge in [0.05, 0.1) is 17.7 Å². The largest absolute Gasteiger partial charge is 0.416 e. The van der Waals surface area contributed by atoms with E-state index in [4.69, 9.17) is 4.74 Å². The Labute approximate surface area is 111 Å². The molecular formula is C14H18F3NO. The topological polar surface area (TPSA) is 21.3 Å². The molecule has 0 aliphatic carbocycles. The van der Waals surface area contributed by atoms with Crippen molar-refractivity contribution in [3.05, 3.63) is 35.4 Å². The van der Waals surface area contributed by atoms with E-state index >= 15 is 0 Å². The molecule has 1 saturated heterocycles. The van der Waals surface area contributed by atoms with E-state index in [-0.39, 0.29) is 12.1 Å². The fourth-order valence-electron chi connectivity index (χ4n) is 2.57. The van der Waals surface area contributed by atoms with Gasteiger partial charge in [-0.3, -0.25) is 0 Å². The molecule has 1 aliphatic rings. The van der Waals surface area contributed by atoms with Crippen LogP contribution in [0.25, 0.3) is 0 Å². The lowest BCUT2D eigenvalue weighted by atomic mass is 9.92. The highest BCUT2D eigenvalue weighted by molar-refractivity contribution is 5.29. The van der Waals surface area contributed by atoms with Gasteiger partial charge in [0, 0.05) is 6.61 Å². The van der Waals surface area contributed by atoms with Gasteiger partial charge in [-0.25, -0.2) is 0 Å². The highest BCUT2D eigenvalue weighted by Gasteiger charge is 2.34. The van der Waals surface area contributed by atoms with Crippen LogP contribution in [0, 0.1) is 5.92 Å². The highest BCUT2D eigenvalue weighted by atomic mass is 19.4. The van der Waals surface area contributed by atoms with E-state index < -0.39 is 11.7 Å². The van der Waals surface area contributed by atoms with E-state index in [1.54, 1.807) is 13.1 Å². The highest BCUT2D eigenvalue weighted by Crippen LogP contribution is 2.34. The van der Waals surface area contributed by atoms with Gasteiger partial charge in [-0.05, 0) is 37.1 Å². The summed E-state index contributed by atoms with van der Waals surface area (Å²) in [6, 6.07) is 5.25. The lowest BCUT2D eigenvalue weighted by Gasteiger charge is -2.26. The van der Waals surface area contributed by atoms with Gasteiger partial charge >= 0.3 is 6.18 Å². The summed E-state index contributed by atoms with van der Waals surface area (Å²) in [5.41, 5.74) is 0.00646. The Morgan fingerprint density at radius 1 is 1.37 bits per heavy atom. The molecule has 0 aromatic heterocycles. The van der Waals surface area contributed by atoms with Crippen LogP contribution in [0.2, 0.25) is 0 Å². The first-order valence-electron chi connectivity index (χ1n) is 6.39. The minimum Gasteiger partial charge on any atom is -0.376 e. The van der Waals surface area contributed by atoms with Crippen molar-refractivity contribution in [3.8, 4) is 0 Å². The number of hydrogen-bond donors (Lipinski definition) is 1. The first-order chi connectivity index (χ1) is 8.93. The van der Waals surface area contributed by atoms with Crippen molar-refractivity contribution >= 4 is 0 Å². The van der Waals surface area contributed by atoms with Gasteiger partial charge in [-0.15, -0.1) is 0 Å². The molecule has 1 heterocycles. The molecule has 1 aromatic carbocycles. The molecule has 0 amide bonds. The minimum absolute atomic E-state index is 0.0755. The molecule has 2 nitrogen and oxygen atoms in total. The molecule has 1 aromatic rings. The number of likely N-dealkylation sites (N-methyl/N-ethyl adjacent to an activating group) is 1. The van der Waals surface area contributed by atoms with Crippen molar-refractivity contribution in [2.24, 2.45) is 5.92 Å². The molecular weight excluding hydrogens is 255 g/mol. The molecule has 19 heavy (non-hydrogen) atoms. The molecule has 0 bridgehead atoms. The zero-order valence-electron chi connectivity index (χ0n) is 11.0. The Balaban J connectivity index is 2.28. The van der Waals surface area contributed by atoms with Gasteiger partial charge in [0.1, 0.15) is 0 Å². The lowest BCUT2D eigenvalue weighted by molar-refractivity contribution is -0.137. The maximum atomic E-state index is 12.7. The number of halogens is 3. The second kappa shape index (κ2) is 5.51. The van der Waals surface area contributed by atoms with Crippen molar-refractivity contribution in [3.63, 3.8) is 0 Å². The van der Waals surface area contributed by atoms with Gasteiger partial charge in [-0.1, -0.05) is 19.1 Å². The van der Waals surface area contributed by atoms with E-state index in [0.717, 1.165) is 12.5 Å². The lowest BCUT2D eigenvalue weighted by Crippen LogP contribution is -2.32. The summed E-state index contributed by atoms with van der Waals surface area (Å²) in [5, 5.41) is 3.08. The third kappa shape index (κ3) is 3.09. The van der Waals surface area contributed by atoms with E-state index in [1.807, 2.05) is 0 Å². The van der Waals surface area contributed by atoms with Crippen LogP contribution >= 0.6 is 0 Å². The third-order valence-electron chi connectivity index (χ3n) is 3.66. The summed E-state index contributed by atoms with van der Waals surface area (Å²) in [6.45, 7) is 2.73. The van der Waals surface area contributed by atoms with Gasteiger partial charge in [0.25, 0.3) is 0 Å². The van der Waals surface area contributed by atoms with Gasteiger partial charge in [-0.2, -0.15) is 13.2 Å². The number of benzene rings is 1. The van der Waals surface area contributed by atoms with Gasteiger partial charge in [0.2, 0.25) is 0 Å². The quantitative estimate of drug-likeness (QED) is 0.911. The predicted octanol–water partition coefficient (Wildman–Crippen LogP) is 3.39. The average Bonchev–Trinajstić information content (AvgIpc) is 2.76. The molecule has 3 atom stereocenters. The fourth-order valence-corrected chi connectivity index (χ4v) is 2.57.